The highest BCUT2D eigenvalue weighted by molar-refractivity contribution is 7.98. The molecule has 1 heterocycles. The van der Waals surface area contributed by atoms with Crippen LogP contribution in [0.25, 0.3) is 11.0 Å². The molecule has 146 valence electrons. The van der Waals surface area contributed by atoms with Gasteiger partial charge in [0.2, 0.25) is 5.91 Å². The van der Waals surface area contributed by atoms with Crippen LogP contribution >= 0.6 is 11.8 Å². The number of imidazole rings is 1. The monoisotopic (exact) mass is 400 g/mol. The first kappa shape index (κ1) is 19.9. The van der Waals surface area contributed by atoms with Gasteiger partial charge in [-0.25, -0.2) is 9.37 Å². The number of rotatable bonds is 8. The van der Waals surface area contributed by atoms with Crippen molar-refractivity contribution in [2.45, 2.75) is 12.5 Å². The van der Waals surface area contributed by atoms with E-state index in [-0.39, 0.29) is 24.1 Å². The van der Waals surface area contributed by atoms with Crippen molar-refractivity contribution in [2.24, 2.45) is 0 Å². The highest BCUT2D eigenvalue weighted by Gasteiger charge is 2.19. The highest BCUT2D eigenvalue weighted by Crippen LogP contribution is 2.19. The maximum absolute atomic E-state index is 13.7. The van der Waals surface area contributed by atoms with Gasteiger partial charge in [-0.05, 0) is 42.7 Å². The Hall–Kier alpha value is -2.87. The van der Waals surface area contributed by atoms with E-state index in [2.05, 4.69) is 20.6 Å². The second-order valence-electron chi connectivity index (χ2n) is 6.20. The summed E-state index contributed by atoms with van der Waals surface area (Å²) in [5, 5.41) is 5.35. The van der Waals surface area contributed by atoms with E-state index >= 15 is 0 Å². The summed E-state index contributed by atoms with van der Waals surface area (Å²) in [6.45, 7) is -0.247. The molecule has 8 heteroatoms. The summed E-state index contributed by atoms with van der Waals surface area (Å²) in [4.78, 5) is 32.2. The lowest BCUT2D eigenvalue weighted by molar-refractivity contribution is -0.120. The second-order valence-corrected chi connectivity index (χ2v) is 7.19. The van der Waals surface area contributed by atoms with Gasteiger partial charge in [-0.2, -0.15) is 11.8 Å². The average molecular weight is 400 g/mol. The molecule has 0 spiro atoms. The molecule has 3 rings (SSSR count). The molecule has 6 nitrogen and oxygen atoms in total. The zero-order valence-corrected chi connectivity index (χ0v) is 16.2. The zero-order valence-electron chi connectivity index (χ0n) is 15.4. The molecule has 2 aromatic carbocycles. The van der Waals surface area contributed by atoms with Gasteiger partial charge in [0.1, 0.15) is 11.6 Å². The van der Waals surface area contributed by atoms with Gasteiger partial charge in [0, 0.05) is 0 Å². The zero-order chi connectivity index (χ0) is 19.9. The molecule has 1 unspecified atom stereocenters. The number of para-hydroxylation sites is 2. The van der Waals surface area contributed by atoms with E-state index in [1.807, 2.05) is 30.5 Å². The van der Waals surface area contributed by atoms with Crippen LogP contribution in [0.4, 0.5) is 4.39 Å². The molecule has 0 aliphatic heterocycles. The molecule has 0 saturated carbocycles. The smallest absolute Gasteiger partial charge is 0.254 e. The number of aromatic amines is 1. The number of fused-ring (bicyclic) bond motifs is 1. The number of hydrogen-bond acceptors (Lipinski definition) is 4. The Morgan fingerprint density at radius 1 is 1.18 bits per heavy atom. The number of benzene rings is 2. The lowest BCUT2D eigenvalue weighted by atomic mass is 10.2. The quantitative estimate of drug-likeness (QED) is 0.542. The summed E-state index contributed by atoms with van der Waals surface area (Å²) >= 11 is 1.67. The van der Waals surface area contributed by atoms with Crippen molar-refractivity contribution in [1.29, 1.82) is 0 Å². The second kappa shape index (κ2) is 9.36. The van der Waals surface area contributed by atoms with E-state index < -0.39 is 11.7 Å². The molecule has 0 saturated heterocycles. The van der Waals surface area contributed by atoms with E-state index in [9.17, 15) is 14.0 Å². The van der Waals surface area contributed by atoms with E-state index in [1.165, 1.54) is 18.2 Å². The average Bonchev–Trinajstić information content (AvgIpc) is 3.13. The fraction of sp³-hybridized carbons (Fsp3) is 0.250. The number of carbonyl (C=O) groups excluding carboxylic acids is 2. The molecule has 1 aromatic heterocycles. The van der Waals surface area contributed by atoms with E-state index in [1.54, 1.807) is 17.8 Å². The van der Waals surface area contributed by atoms with Crippen molar-refractivity contribution in [3.63, 3.8) is 0 Å². The van der Waals surface area contributed by atoms with Gasteiger partial charge in [-0.15, -0.1) is 0 Å². The molecular formula is C20H21FN4O2S. The molecule has 2 amide bonds. The van der Waals surface area contributed by atoms with Gasteiger partial charge in [0.25, 0.3) is 5.91 Å². The third-order valence-corrected chi connectivity index (χ3v) is 4.86. The first-order valence-corrected chi connectivity index (χ1v) is 10.2. The van der Waals surface area contributed by atoms with Crippen molar-refractivity contribution in [3.8, 4) is 0 Å². The standard InChI is InChI=1S/C20H21FN4O2S/c1-28-11-10-17(19-24-15-8-4-5-9-16(15)25-19)23-18(26)12-22-20(27)13-6-2-3-7-14(13)21/h2-9,17H,10-12H2,1H3,(H,22,27)(H,23,26)(H,24,25). The van der Waals surface area contributed by atoms with E-state index in [0.717, 1.165) is 16.8 Å². The van der Waals surface area contributed by atoms with Crippen LogP contribution in [-0.4, -0.2) is 40.3 Å². The maximum atomic E-state index is 13.7. The summed E-state index contributed by atoms with van der Waals surface area (Å²) < 4.78 is 13.7. The molecule has 3 aromatic rings. The minimum absolute atomic E-state index is 0.0912. The van der Waals surface area contributed by atoms with Gasteiger partial charge >= 0.3 is 0 Å². The van der Waals surface area contributed by atoms with Gasteiger partial charge in [-0.1, -0.05) is 24.3 Å². The number of halogens is 1. The summed E-state index contributed by atoms with van der Waals surface area (Å²) in [6.07, 6.45) is 2.68. The van der Waals surface area contributed by atoms with Gasteiger partial charge in [0.05, 0.1) is 29.2 Å². The van der Waals surface area contributed by atoms with Crippen LogP contribution in [0.3, 0.4) is 0 Å². The summed E-state index contributed by atoms with van der Waals surface area (Å²) in [6, 6.07) is 13.0. The largest absolute Gasteiger partial charge is 0.345 e. The highest BCUT2D eigenvalue weighted by atomic mass is 32.2. The summed E-state index contributed by atoms with van der Waals surface area (Å²) in [5.41, 5.74) is 1.63. The van der Waals surface area contributed by atoms with Crippen LogP contribution < -0.4 is 10.6 Å². The predicted molar refractivity (Wildman–Crippen MR) is 109 cm³/mol. The normalized spacial score (nSPS) is 11.9. The Morgan fingerprint density at radius 3 is 2.68 bits per heavy atom. The van der Waals surface area contributed by atoms with Crippen LogP contribution in [0.2, 0.25) is 0 Å². The fourth-order valence-electron chi connectivity index (χ4n) is 2.80. The number of aromatic nitrogens is 2. The van der Waals surface area contributed by atoms with E-state index in [4.69, 9.17) is 0 Å². The van der Waals surface area contributed by atoms with Gasteiger partial charge in [0.15, 0.2) is 0 Å². The molecule has 0 radical (unpaired) electrons. The van der Waals surface area contributed by atoms with Crippen LogP contribution in [0.15, 0.2) is 48.5 Å². The van der Waals surface area contributed by atoms with Crippen molar-refractivity contribution in [3.05, 3.63) is 65.7 Å². The Bertz CT molecular complexity index is 943. The van der Waals surface area contributed by atoms with Crippen molar-refractivity contribution < 1.29 is 14.0 Å². The lowest BCUT2D eigenvalue weighted by Gasteiger charge is -2.16. The minimum atomic E-state index is -0.627. The number of H-pyrrole nitrogens is 1. The van der Waals surface area contributed by atoms with Crippen molar-refractivity contribution in [2.75, 3.05) is 18.6 Å². The Labute approximate surface area is 166 Å². The number of carbonyl (C=O) groups is 2. The van der Waals surface area contributed by atoms with Gasteiger partial charge < -0.3 is 15.6 Å². The summed E-state index contributed by atoms with van der Waals surface area (Å²) in [5.74, 6) is -0.109. The number of hydrogen-bond donors (Lipinski definition) is 3. The molecule has 0 bridgehead atoms. The molecular weight excluding hydrogens is 379 g/mol. The van der Waals surface area contributed by atoms with Crippen LogP contribution in [0.1, 0.15) is 28.6 Å². The Kier molecular flexibility index (Phi) is 6.65. The Morgan fingerprint density at radius 2 is 1.93 bits per heavy atom. The van der Waals surface area contributed by atoms with Crippen LogP contribution in [-0.2, 0) is 4.79 Å². The Balaban J connectivity index is 1.64. The predicted octanol–water partition coefficient (Wildman–Crippen LogP) is 3.04. The van der Waals surface area contributed by atoms with Crippen LogP contribution in [0, 0.1) is 5.82 Å². The molecule has 0 fully saturated rings. The number of amides is 2. The van der Waals surface area contributed by atoms with Crippen molar-refractivity contribution >= 4 is 34.6 Å². The maximum Gasteiger partial charge on any atom is 0.254 e. The van der Waals surface area contributed by atoms with Crippen LogP contribution in [0.5, 0.6) is 0 Å². The van der Waals surface area contributed by atoms with Crippen molar-refractivity contribution in [1.82, 2.24) is 20.6 Å². The molecule has 3 N–H and O–H groups in total. The minimum Gasteiger partial charge on any atom is -0.345 e. The SMILES string of the molecule is CSCCC(NC(=O)CNC(=O)c1ccccc1F)c1nc2ccccc2[nH]1. The first-order chi connectivity index (χ1) is 13.6. The fourth-order valence-corrected chi connectivity index (χ4v) is 3.27. The first-order valence-electron chi connectivity index (χ1n) is 8.84. The topological polar surface area (TPSA) is 86.9 Å². The van der Waals surface area contributed by atoms with Gasteiger partial charge in [-0.3, -0.25) is 9.59 Å². The molecule has 28 heavy (non-hydrogen) atoms. The lowest BCUT2D eigenvalue weighted by Crippen LogP contribution is -2.39. The number of nitrogens with one attached hydrogen (secondary N) is 3. The van der Waals surface area contributed by atoms with E-state index in [0.29, 0.717) is 12.2 Å². The molecule has 0 aliphatic rings. The number of nitrogens with zero attached hydrogens (tertiary/aromatic N) is 1. The molecule has 0 aliphatic carbocycles. The summed E-state index contributed by atoms with van der Waals surface area (Å²) in [7, 11) is 0. The number of thioether (sulfide) groups is 1. The molecule has 1 atom stereocenters. The third kappa shape index (κ3) is 4.89. The third-order valence-electron chi connectivity index (χ3n) is 4.21.